The Balaban J connectivity index is 2.07. The van der Waals surface area contributed by atoms with Crippen LogP contribution in [0.1, 0.15) is 24.5 Å². The average Bonchev–Trinajstić information content (AvgIpc) is 2.44. The number of nitrogens with two attached hydrogens (primary N) is 1. The summed E-state index contributed by atoms with van der Waals surface area (Å²) in [6.45, 7) is 4.52. The van der Waals surface area contributed by atoms with Crippen molar-refractivity contribution in [1.82, 2.24) is 4.90 Å². The van der Waals surface area contributed by atoms with Crippen molar-refractivity contribution in [2.45, 2.75) is 26.0 Å². The number of nitrogens with zero attached hydrogens (tertiary/aromatic N) is 2. The number of halogens is 1. The van der Waals surface area contributed by atoms with E-state index >= 15 is 0 Å². The topological polar surface area (TPSA) is 82.1 Å². The van der Waals surface area contributed by atoms with Crippen molar-refractivity contribution < 1.29 is 10.3 Å². The van der Waals surface area contributed by atoms with E-state index in [9.17, 15) is 5.11 Å². The van der Waals surface area contributed by atoms with Crippen molar-refractivity contribution in [3.63, 3.8) is 0 Å². The van der Waals surface area contributed by atoms with Gasteiger partial charge < -0.3 is 16.0 Å². The molecule has 4 N–H and O–H groups in total. The lowest BCUT2D eigenvalue weighted by molar-refractivity contribution is 0.0320. The number of piperidine rings is 1. The Kier molecular flexibility index (Phi) is 4.86. The second-order valence-electron chi connectivity index (χ2n) is 5.36. The summed E-state index contributed by atoms with van der Waals surface area (Å²) in [6, 6.07) is 5.39. The third kappa shape index (κ3) is 3.42. The standard InChI is InChI=1S/C14H20ClN3O2/c1-9-7-18(5-4-13(9)19)8-11-3-2-10(6-12(11)15)14(16)17-20/h2-3,6,9,13,19-20H,4-5,7-8H2,1H3,(H2,16,17). The highest BCUT2D eigenvalue weighted by molar-refractivity contribution is 6.31. The summed E-state index contributed by atoms with van der Waals surface area (Å²) in [7, 11) is 0. The van der Waals surface area contributed by atoms with Crippen molar-refractivity contribution in [1.29, 1.82) is 0 Å². The van der Waals surface area contributed by atoms with Crippen LogP contribution in [-0.4, -0.2) is 40.2 Å². The third-order valence-electron chi connectivity index (χ3n) is 3.79. The summed E-state index contributed by atoms with van der Waals surface area (Å²) in [5, 5.41) is 22.0. The van der Waals surface area contributed by atoms with Gasteiger partial charge in [-0.05, 0) is 24.0 Å². The van der Waals surface area contributed by atoms with Gasteiger partial charge in [0.2, 0.25) is 0 Å². The molecule has 0 spiro atoms. The van der Waals surface area contributed by atoms with E-state index in [0.29, 0.717) is 10.6 Å². The minimum Gasteiger partial charge on any atom is -0.409 e. The zero-order valence-corrected chi connectivity index (χ0v) is 12.2. The van der Waals surface area contributed by atoms with Crippen molar-refractivity contribution in [2.75, 3.05) is 13.1 Å². The summed E-state index contributed by atoms with van der Waals surface area (Å²) in [6.07, 6.45) is 0.589. The lowest BCUT2D eigenvalue weighted by atomic mass is 9.96. The highest BCUT2D eigenvalue weighted by Gasteiger charge is 2.24. The lowest BCUT2D eigenvalue weighted by Crippen LogP contribution is -2.41. The number of rotatable bonds is 3. The van der Waals surface area contributed by atoms with Gasteiger partial charge in [0.15, 0.2) is 5.84 Å². The van der Waals surface area contributed by atoms with Crippen molar-refractivity contribution in [2.24, 2.45) is 16.8 Å². The molecule has 20 heavy (non-hydrogen) atoms. The normalized spacial score (nSPS) is 24.9. The summed E-state index contributed by atoms with van der Waals surface area (Å²) >= 11 is 6.25. The van der Waals surface area contributed by atoms with Crippen LogP contribution in [0.5, 0.6) is 0 Å². The predicted molar refractivity (Wildman–Crippen MR) is 79.0 cm³/mol. The Morgan fingerprint density at radius 3 is 2.90 bits per heavy atom. The molecule has 0 radical (unpaired) electrons. The lowest BCUT2D eigenvalue weighted by Gasteiger charge is -2.34. The molecule has 2 rings (SSSR count). The van der Waals surface area contributed by atoms with Crippen LogP contribution in [0.25, 0.3) is 0 Å². The van der Waals surface area contributed by atoms with Gasteiger partial charge >= 0.3 is 0 Å². The molecule has 1 heterocycles. The minimum atomic E-state index is -0.204. The van der Waals surface area contributed by atoms with Crippen LogP contribution in [0.4, 0.5) is 0 Å². The minimum absolute atomic E-state index is 0.0492. The number of benzene rings is 1. The molecule has 5 nitrogen and oxygen atoms in total. The molecule has 6 heteroatoms. The molecule has 1 aromatic rings. The summed E-state index contributed by atoms with van der Waals surface area (Å²) < 4.78 is 0. The van der Waals surface area contributed by atoms with Crippen molar-refractivity contribution in [3.8, 4) is 0 Å². The monoisotopic (exact) mass is 297 g/mol. The van der Waals surface area contributed by atoms with Crippen LogP contribution in [0.15, 0.2) is 23.4 Å². The van der Waals surface area contributed by atoms with Gasteiger partial charge in [-0.2, -0.15) is 0 Å². The maximum absolute atomic E-state index is 9.74. The van der Waals surface area contributed by atoms with Gasteiger partial charge in [-0.15, -0.1) is 0 Å². The fraction of sp³-hybridized carbons (Fsp3) is 0.500. The summed E-state index contributed by atoms with van der Waals surface area (Å²) in [4.78, 5) is 2.28. The molecular formula is C14H20ClN3O2. The smallest absolute Gasteiger partial charge is 0.170 e. The van der Waals surface area contributed by atoms with Gasteiger partial charge in [-0.25, -0.2) is 0 Å². The van der Waals surface area contributed by atoms with E-state index in [1.54, 1.807) is 12.1 Å². The van der Waals surface area contributed by atoms with E-state index in [4.69, 9.17) is 22.5 Å². The number of amidine groups is 1. The number of likely N-dealkylation sites (tertiary alicyclic amines) is 1. The van der Waals surface area contributed by atoms with Crippen LogP contribution >= 0.6 is 11.6 Å². The van der Waals surface area contributed by atoms with E-state index in [1.807, 2.05) is 6.07 Å². The number of oxime groups is 1. The summed E-state index contributed by atoms with van der Waals surface area (Å²) in [5.41, 5.74) is 7.14. The van der Waals surface area contributed by atoms with E-state index in [-0.39, 0.29) is 17.9 Å². The highest BCUT2D eigenvalue weighted by Crippen LogP contribution is 2.23. The number of hydrogen-bond acceptors (Lipinski definition) is 4. The zero-order chi connectivity index (χ0) is 14.7. The first-order valence-electron chi connectivity index (χ1n) is 6.68. The molecule has 0 amide bonds. The summed E-state index contributed by atoms with van der Waals surface area (Å²) in [5.74, 6) is 0.326. The number of aliphatic hydroxyl groups excluding tert-OH is 1. The Morgan fingerprint density at radius 1 is 1.55 bits per heavy atom. The molecule has 0 bridgehead atoms. The molecule has 1 aromatic carbocycles. The number of hydrogen-bond donors (Lipinski definition) is 3. The molecule has 0 aliphatic carbocycles. The van der Waals surface area contributed by atoms with Gasteiger partial charge in [-0.3, -0.25) is 4.90 Å². The molecule has 1 aliphatic heterocycles. The first-order valence-corrected chi connectivity index (χ1v) is 7.05. The fourth-order valence-corrected chi connectivity index (χ4v) is 2.74. The molecule has 1 fully saturated rings. The zero-order valence-electron chi connectivity index (χ0n) is 11.5. The Morgan fingerprint density at radius 2 is 2.30 bits per heavy atom. The predicted octanol–water partition coefficient (Wildman–Crippen LogP) is 1.64. The molecule has 1 aliphatic rings. The van der Waals surface area contributed by atoms with Gasteiger partial charge in [-0.1, -0.05) is 35.8 Å². The first kappa shape index (κ1) is 15.1. The van der Waals surface area contributed by atoms with Crippen LogP contribution in [0.2, 0.25) is 5.02 Å². The second-order valence-corrected chi connectivity index (χ2v) is 5.77. The van der Waals surface area contributed by atoms with Crippen LogP contribution < -0.4 is 5.73 Å². The van der Waals surface area contributed by atoms with Gasteiger partial charge in [0.25, 0.3) is 0 Å². The van der Waals surface area contributed by atoms with Crippen LogP contribution in [-0.2, 0) is 6.54 Å². The Bertz CT molecular complexity index is 507. The van der Waals surface area contributed by atoms with E-state index in [0.717, 1.165) is 31.6 Å². The van der Waals surface area contributed by atoms with Crippen LogP contribution in [0.3, 0.4) is 0 Å². The Hall–Kier alpha value is -1.30. The third-order valence-corrected chi connectivity index (χ3v) is 4.15. The molecule has 2 atom stereocenters. The first-order chi connectivity index (χ1) is 9.51. The van der Waals surface area contributed by atoms with E-state index in [2.05, 4.69) is 17.0 Å². The maximum atomic E-state index is 9.74. The van der Waals surface area contributed by atoms with Gasteiger partial charge in [0.1, 0.15) is 0 Å². The van der Waals surface area contributed by atoms with E-state index in [1.165, 1.54) is 0 Å². The quantitative estimate of drug-likeness (QED) is 0.343. The molecule has 0 aromatic heterocycles. The number of aliphatic hydroxyl groups is 1. The molecule has 1 saturated heterocycles. The SMILES string of the molecule is CC1CN(Cc2ccc(/C(N)=N/O)cc2Cl)CCC1O. The molecule has 110 valence electrons. The second kappa shape index (κ2) is 6.43. The largest absolute Gasteiger partial charge is 0.409 e. The van der Waals surface area contributed by atoms with Crippen molar-refractivity contribution >= 4 is 17.4 Å². The fourth-order valence-electron chi connectivity index (χ4n) is 2.50. The maximum Gasteiger partial charge on any atom is 0.170 e. The van der Waals surface area contributed by atoms with Crippen molar-refractivity contribution in [3.05, 3.63) is 34.3 Å². The average molecular weight is 298 g/mol. The van der Waals surface area contributed by atoms with Crippen LogP contribution in [0, 0.1) is 5.92 Å². The molecule has 0 saturated carbocycles. The highest BCUT2D eigenvalue weighted by atomic mass is 35.5. The Labute approximate surface area is 123 Å². The van der Waals surface area contributed by atoms with Gasteiger partial charge in [0, 0.05) is 30.2 Å². The molecular weight excluding hydrogens is 278 g/mol. The molecule has 2 unspecified atom stereocenters. The van der Waals surface area contributed by atoms with E-state index < -0.39 is 0 Å². The van der Waals surface area contributed by atoms with Gasteiger partial charge in [0.05, 0.1) is 6.10 Å².